The van der Waals surface area contributed by atoms with Gasteiger partial charge in [-0.15, -0.1) is 0 Å². The monoisotopic (exact) mass is 422 g/mol. The number of unbranched alkanes of at least 4 members (excludes halogenated alkanes) is 4. The van der Waals surface area contributed by atoms with Crippen LogP contribution in [0.3, 0.4) is 0 Å². The summed E-state index contributed by atoms with van der Waals surface area (Å²) in [5.41, 5.74) is 2.44. The fraction of sp³-hybridized carbons (Fsp3) is 0.593. The molecule has 0 radical (unpaired) electrons. The minimum Gasteiger partial charge on any atom is -0.423 e. The van der Waals surface area contributed by atoms with Gasteiger partial charge in [-0.25, -0.2) is 9.97 Å². The number of hydrogen-bond donors (Lipinski definition) is 0. The summed E-state index contributed by atoms with van der Waals surface area (Å²) >= 11 is 0. The van der Waals surface area contributed by atoms with Crippen LogP contribution in [-0.4, -0.2) is 15.9 Å². The molecular weight excluding hydrogens is 384 g/mol. The van der Waals surface area contributed by atoms with Crippen molar-refractivity contribution < 1.29 is 9.53 Å². The number of benzene rings is 1. The van der Waals surface area contributed by atoms with Gasteiger partial charge in [0.25, 0.3) is 0 Å². The van der Waals surface area contributed by atoms with Crippen LogP contribution < -0.4 is 4.74 Å². The van der Waals surface area contributed by atoms with Crippen LogP contribution in [0.5, 0.6) is 5.75 Å². The van der Waals surface area contributed by atoms with E-state index in [-0.39, 0.29) is 5.97 Å². The van der Waals surface area contributed by atoms with Crippen LogP contribution in [0.4, 0.5) is 0 Å². The Balaban J connectivity index is 1.49. The zero-order valence-electron chi connectivity index (χ0n) is 19.3. The van der Waals surface area contributed by atoms with Crippen molar-refractivity contribution >= 4 is 5.97 Å². The summed E-state index contributed by atoms with van der Waals surface area (Å²) in [6.45, 7) is 4.40. The normalized spacial score (nSPS) is 18.6. The van der Waals surface area contributed by atoms with Crippen LogP contribution in [0, 0.1) is 5.92 Å². The molecule has 1 heterocycles. The van der Waals surface area contributed by atoms with Crippen molar-refractivity contribution in [2.75, 3.05) is 0 Å². The molecule has 0 amide bonds. The van der Waals surface area contributed by atoms with Gasteiger partial charge in [-0.2, -0.15) is 0 Å². The predicted octanol–water partition coefficient (Wildman–Crippen LogP) is 7.48. The lowest BCUT2D eigenvalue weighted by atomic mass is 9.77. The second kappa shape index (κ2) is 12.6. The van der Waals surface area contributed by atoms with Gasteiger partial charge >= 0.3 is 5.97 Å². The van der Waals surface area contributed by atoms with Crippen molar-refractivity contribution in [1.82, 2.24) is 9.97 Å². The van der Waals surface area contributed by atoms with E-state index >= 15 is 0 Å². The standard InChI is InChI=1S/C27H38N2O2/c1-3-5-7-9-21-11-13-22(14-12-21)23-15-17-24(18-16-23)27-28-19-25(20-29-27)31-26(30)10-8-6-4-2/h15-22H,3-14H2,1-2H3/t21-,22-. The lowest BCUT2D eigenvalue weighted by Crippen LogP contribution is -2.13. The van der Waals surface area contributed by atoms with Gasteiger partial charge < -0.3 is 4.74 Å². The maximum absolute atomic E-state index is 11.8. The lowest BCUT2D eigenvalue weighted by molar-refractivity contribution is -0.134. The van der Waals surface area contributed by atoms with Crippen LogP contribution >= 0.6 is 0 Å². The molecule has 0 aliphatic heterocycles. The highest BCUT2D eigenvalue weighted by atomic mass is 16.5. The molecule has 4 heteroatoms. The van der Waals surface area contributed by atoms with Crippen molar-refractivity contribution in [2.24, 2.45) is 5.92 Å². The summed E-state index contributed by atoms with van der Waals surface area (Å²) < 4.78 is 5.33. The molecule has 1 aliphatic rings. The number of hydrogen-bond acceptors (Lipinski definition) is 4. The maximum atomic E-state index is 11.8. The van der Waals surface area contributed by atoms with Gasteiger partial charge in [0, 0.05) is 12.0 Å². The van der Waals surface area contributed by atoms with Crippen molar-refractivity contribution in [3.8, 4) is 17.1 Å². The minimum atomic E-state index is -0.214. The van der Waals surface area contributed by atoms with Crippen molar-refractivity contribution in [1.29, 1.82) is 0 Å². The molecule has 0 unspecified atom stereocenters. The number of ether oxygens (including phenoxy) is 1. The number of carbonyl (C=O) groups excluding carboxylic acids is 1. The first-order valence-corrected chi connectivity index (χ1v) is 12.3. The zero-order chi connectivity index (χ0) is 21.9. The van der Waals surface area contributed by atoms with Crippen LogP contribution in [-0.2, 0) is 4.79 Å². The van der Waals surface area contributed by atoms with Crippen LogP contribution in [0.15, 0.2) is 36.7 Å². The third kappa shape index (κ3) is 7.45. The molecule has 0 spiro atoms. The van der Waals surface area contributed by atoms with Gasteiger partial charge in [0.1, 0.15) is 0 Å². The molecule has 31 heavy (non-hydrogen) atoms. The average molecular weight is 423 g/mol. The summed E-state index contributed by atoms with van der Waals surface area (Å²) in [4.78, 5) is 20.6. The molecule has 0 saturated heterocycles. The van der Waals surface area contributed by atoms with Gasteiger partial charge in [-0.3, -0.25) is 4.79 Å². The Labute approximate surface area is 187 Å². The van der Waals surface area contributed by atoms with E-state index < -0.39 is 0 Å². The number of rotatable bonds is 11. The van der Waals surface area contributed by atoms with E-state index in [1.165, 1.54) is 56.9 Å². The SMILES string of the molecule is CCCCCC(=O)Oc1cnc(-c2ccc([C@H]3CC[C@H](CCCCC)CC3)cc2)nc1. The van der Waals surface area contributed by atoms with Crippen LogP contribution in [0.25, 0.3) is 11.4 Å². The Kier molecular flexibility index (Phi) is 9.51. The van der Waals surface area contributed by atoms with E-state index in [0.717, 1.165) is 30.7 Å². The first-order valence-electron chi connectivity index (χ1n) is 12.3. The molecule has 0 N–H and O–H groups in total. The van der Waals surface area contributed by atoms with Gasteiger partial charge in [0.2, 0.25) is 0 Å². The fourth-order valence-electron chi connectivity index (χ4n) is 4.59. The smallest absolute Gasteiger partial charge is 0.311 e. The lowest BCUT2D eigenvalue weighted by Gasteiger charge is -2.29. The molecule has 4 nitrogen and oxygen atoms in total. The van der Waals surface area contributed by atoms with Crippen molar-refractivity contribution in [2.45, 2.75) is 96.8 Å². The summed E-state index contributed by atoms with van der Waals surface area (Å²) in [6, 6.07) is 8.72. The molecule has 0 bridgehead atoms. The highest BCUT2D eigenvalue weighted by Crippen LogP contribution is 2.38. The van der Waals surface area contributed by atoms with Gasteiger partial charge in [-0.1, -0.05) is 76.6 Å². The van der Waals surface area contributed by atoms with Gasteiger partial charge in [-0.05, 0) is 49.5 Å². The summed E-state index contributed by atoms with van der Waals surface area (Å²) in [5.74, 6) is 2.49. The first-order chi connectivity index (χ1) is 15.2. The minimum absolute atomic E-state index is 0.214. The van der Waals surface area contributed by atoms with E-state index in [4.69, 9.17) is 4.74 Å². The zero-order valence-corrected chi connectivity index (χ0v) is 19.3. The molecule has 2 aromatic rings. The van der Waals surface area contributed by atoms with Crippen molar-refractivity contribution in [3.63, 3.8) is 0 Å². The summed E-state index contributed by atoms with van der Waals surface area (Å²) in [5, 5.41) is 0. The number of carbonyl (C=O) groups is 1. The highest BCUT2D eigenvalue weighted by Gasteiger charge is 2.22. The van der Waals surface area contributed by atoms with Crippen molar-refractivity contribution in [3.05, 3.63) is 42.2 Å². The third-order valence-electron chi connectivity index (χ3n) is 6.55. The predicted molar refractivity (Wildman–Crippen MR) is 126 cm³/mol. The molecule has 1 aromatic heterocycles. The molecule has 1 fully saturated rings. The molecule has 0 atom stereocenters. The van der Waals surface area contributed by atoms with E-state index in [1.54, 1.807) is 12.4 Å². The quantitative estimate of drug-likeness (QED) is 0.278. The Morgan fingerprint density at radius 3 is 2.19 bits per heavy atom. The maximum Gasteiger partial charge on any atom is 0.311 e. The second-order valence-electron chi connectivity index (χ2n) is 9.01. The molecule has 1 aromatic carbocycles. The molecule has 168 valence electrons. The van der Waals surface area contributed by atoms with Gasteiger partial charge in [0.05, 0.1) is 12.4 Å². The topological polar surface area (TPSA) is 52.1 Å². The molecular formula is C27H38N2O2. The van der Waals surface area contributed by atoms with E-state index in [9.17, 15) is 4.79 Å². The van der Waals surface area contributed by atoms with E-state index in [2.05, 4.69) is 48.1 Å². The number of nitrogens with zero attached hydrogens (tertiary/aromatic N) is 2. The Morgan fingerprint density at radius 1 is 0.903 bits per heavy atom. The van der Waals surface area contributed by atoms with E-state index in [0.29, 0.717) is 23.9 Å². The molecule has 1 aliphatic carbocycles. The summed E-state index contributed by atoms with van der Waals surface area (Å²) in [7, 11) is 0. The summed E-state index contributed by atoms with van der Waals surface area (Å²) in [6.07, 6.45) is 17.5. The average Bonchev–Trinajstić information content (AvgIpc) is 2.81. The molecule has 1 saturated carbocycles. The second-order valence-corrected chi connectivity index (χ2v) is 9.01. The number of esters is 1. The van der Waals surface area contributed by atoms with Crippen LogP contribution in [0.2, 0.25) is 0 Å². The van der Waals surface area contributed by atoms with E-state index in [1.807, 2.05) is 0 Å². The Bertz CT molecular complexity index is 778. The number of aromatic nitrogens is 2. The highest BCUT2D eigenvalue weighted by molar-refractivity contribution is 5.72. The molecule has 3 rings (SSSR count). The Morgan fingerprint density at radius 2 is 1.55 bits per heavy atom. The van der Waals surface area contributed by atoms with Crippen LogP contribution in [0.1, 0.15) is 102 Å². The van der Waals surface area contributed by atoms with Gasteiger partial charge in [0.15, 0.2) is 11.6 Å². The first kappa shape index (κ1) is 23.4. The third-order valence-corrected chi connectivity index (χ3v) is 6.55. The fourth-order valence-corrected chi connectivity index (χ4v) is 4.59. The Hall–Kier alpha value is -2.23. The largest absolute Gasteiger partial charge is 0.423 e.